The minimum Gasteiger partial charge on any atom is -0.337 e. The summed E-state index contributed by atoms with van der Waals surface area (Å²) >= 11 is 5.24. The minimum absolute atomic E-state index is 0.260. The summed E-state index contributed by atoms with van der Waals surface area (Å²) < 4.78 is 0. The number of benzene rings is 1. The molecule has 0 aromatic heterocycles. The van der Waals surface area contributed by atoms with Crippen molar-refractivity contribution in [1.29, 1.82) is 0 Å². The van der Waals surface area contributed by atoms with Gasteiger partial charge in [0, 0.05) is 5.56 Å². The first-order valence-electron chi connectivity index (χ1n) is 4.89. The lowest BCUT2D eigenvalue weighted by atomic mass is 10.1. The Morgan fingerprint density at radius 2 is 2.00 bits per heavy atom. The smallest absolute Gasteiger partial charge is 0.192 e. The fourth-order valence-corrected chi connectivity index (χ4v) is 1.98. The monoisotopic (exact) mass is 228 g/mol. The van der Waals surface area contributed by atoms with Crippen molar-refractivity contribution in [1.82, 2.24) is 5.32 Å². The Labute approximate surface area is 97.8 Å². The molecule has 1 unspecified atom stereocenters. The number of hydrogen-bond acceptors (Lipinski definition) is 4. The first kappa shape index (κ1) is 9.35. The third-order valence-corrected chi connectivity index (χ3v) is 2.82. The van der Waals surface area contributed by atoms with Gasteiger partial charge in [0.1, 0.15) is 10.7 Å². The molecule has 78 valence electrons. The van der Waals surface area contributed by atoms with Crippen LogP contribution >= 0.6 is 12.2 Å². The van der Waals surface area contributed by atoms with Crippen LogP contribution in [-0.4, -0.2) is 17.5 Å². The Kier molecular flexibility index (Phi) is 2.11. The summed E-state index contributed by atoms with van der Waals surface area (Å²) in [5.74, 6) is 0. The normalized spacial score (nSPS) is 22.2. The highest BCUT2D eigenvalue weighted by molar-refractivity contribution is 7.80. The summed E-state index contributed by atoms with van der Waals surface area (Å²) in [6.07, 6.45) is 1.31. The fraction of sp³-hybridized carbons (Fsp3) is 0.0909. The van der Waals surface area contributed by atoms with Crippen LogP contribution in [0.4, 0.5) is 0 Å². The van der Waals surface area contributed by atoms with Crippen molar-refractivity contribution >= 4 is 29.2 Å². The first-order valence-corrected chi connectivity index (χ1v) is 5.30. The van der Waals surface area contributed by atoms with E-state index in [2.05, 4.69) is 20.5 Å². The molecule has 0 radical (unpaired) electrons. The average Bonchev–Trinajstić information content (AvgIpc) is 2.75. The van der Waals surface area contributed by atoms with Crippen LogP contribution in [0, 0.1) is 0 Å². The van der Waals surface area contributed by atoms with Crippen molar-refractivity contribution in [2.45, 2.75) is 6.17 Å². The molecule has 3 rings (SSSR count). The predicted molar refractivity (Wildman–Crippen MR) is 66.2 cm³/mol. The van der Waals surface area contributed by atoms with Crippen molar-refractivity contribution in [3.8, 4) is 0 Å². The van der Waals surface area contributed by atoms with E-state index in [1.54, 1.807) is 6.34 Å². The van der Waals surface area contributed by atoms with Gasteiger partial charge in [-0.15, -0.1) is 0 Å². The molecule has 1 aromatic rings. The maximum absolute atomic E-state index is 5.24. The van der Waals surface area contributed by atoms with Gasteiger partial charge < -0.3 is 5.32 Å². The molecule has 2 heterocycles. The molecule has 0 amide bonds. The van der Waals surface area contributed by atoms with Gasteiger partial charge in [-0.25, -0.2) is 4.99 Å². The lowest BCUT2D eigenvalue weighted by molar-refractivity contribution is 0.823. The lowest BCUT2D eigenvalue weighted by Crippen LogP contribution is -2.31. The second kappa shape index (κ2) is 3.61. The molecule has 2 aliphatic rings. The molecular weight excluding hydrogens is 220 g/mol. The molecule has 0 saturated carbocycles. The van der Waals surface area contributed by atoms with Gasteiger partial charge in [0.25, 0.3) is 0 Å². The zero-order valence-electron chi connectivity index (χ0n) is 8.29. The molecule has 0 spiro atoms. The standard InChI is InChI=1S/C11H8N4S/c16-11-8-9(7-4-2-1-3-5-7)14-15-10(8)12-6-13-11/h1-6,10H,(H,12,13,16). The second-order valence-electron chi connectivity index (χ2n) is 3.47. The van der Waals surface area contributed by atoms with Crippen LogP contribution in [0.3, 0.4) is 0 Å². The SMILES string of the molecule is S=C1NC=NC2N=NC(c3ccccc3)=C12. The van der Waals surface area contributed by atoms with E-state index in [0.717, 1.165) is 16.8 Å². The predicted octanol–water partition coefficient (Wildman–Crippen LogP) is 2.15. The van der Waals surface area contributed by atoms with Crippen LogP contribution in [0.1, 0.15) is 5.56 Å². The Morgan fingerprint density at radius 1 is 1.19 bits per heavy atom. The quantitative estimate of drug-likeness (QED) is 0.749. The third kappa shape index (κ3) is 1.37. The summed E-state index contributed by atoms with van der Waals surface area (Å²) in [5.41, 5.74) is 2.73. The van der Waals surface area contributed by atoms with Crippen LogP contribution in [0.2, 0.25) is 0 Å². The number of azo groups is 1. The molecule has 5 heteroatoms. The number of aliphatic imine (C=N–C) groups is 1. The van der Waals surface area contributed by atoms with Crippen molar-refractivity contribution < 1.29 is 0 Å². The number of rotatable bonds is 1. The van der Waals surface area contributed by atoms with E-state index >= 15 is 0 Å². The van der Waals surface area contributed by atoms with E-state index in [4.69, 9.17) is 12.2 Å². The number of fused-ring (bicyclic) bond motifs is 1. The van der Waals surface area contributed by atoms with Gasteiger partial charge in [-0.1, -0.05) is 42.5 Å². The van der Waals surface area contributed by atoms with Crippen LogP contribution < -0.4 is 5.32 Å². The van der Waals surface area contributed by atoms with Gasteiger partial charge in [0.2, 0.25) is 0 Å². The summed E-state index contributed by atoms with van der Waals surface area (Å²) in [5, 5.41) is 11.2. The molecular formula is C11H8N4S. The van der Waals surface area contributed by atoms with E-state index < -0.39 is 0 Å². The van der Waals surface area contributed by atoms with Crippen LogP contribution in [0.25, 0.3) is 5.70 Å². The van der Waals surface area contributed by atoms with Gasteiger partial charge in [-0.3, -0.25) is 0 Å². The Balaban J connectivity index is 2.14. The summed E-state index contributed by atoms with van der Waals surface area (Å²) in [6.45, 7) is 0. The molecule has 0 bridgehead atoms. The molecule has 0 aliphatic carbocycles. The molecule has 0 fully saturated rings. The van der Waals surface area contributed by atoms with E-state index in [1.165, 1.54) is 0 Å². The topological polar surface area (TPSA) is 49.1 Å². The second-order valence-corrected chi connectivity index (χ2v) is 3.88. The summed E-state index contributed by atoms with van der Waals surface area (Å²) in [7, 11) is 0. The van der Waals surface area contributed by atoms with E-state index in [9.17, 15) is 0 Å². The summed E-state index contributed by atoms with van der Waals surface area (Å²) in [6, 6.07) is 9.88. The zero-order valence-corrected chi connectivity index (χ0v) is 9.11. The highest BCUT2D eigenvalue weighted by Crippen LogP contribution is 2.31. The van der Waals surface area contributed by atoms with Crippen molar-refractivity contribution in [3.63, 3.8) is 0 Å². The van der Waals surface area contributed by atoms with Gasteiger partial charge >= 0.3 is 0 Å². The average molecular weight is 228 g/mol. The highest BCUT2D eigenvalue weighted by Gasteiger charge is 2.29. The van der Waals surface area contributed by atoms with Crippen LogP contribution in [-0.2, 0) is 0 Å². The number of nitrogens with zero attached hydrogens (tertiary/aromatic N) is 3. The van der Waals surface area contributed by atoms with Crippen molar-refractivity contribution in [2.75, 3.05) is 0 Å². The molecule has 1 atom stereocenters. The zero-order chi connectivity index (χ0) is 11.0. The van der Waals surface area contributed by atoms with Crippen molar-refractivity contribution in [2.24, 2.45) is 15.2 Å². The van der Waals surface area contributed by atoms with Crippen LogP contribution in [0.5, 0.6) is 0 Å². The molecule has 1 N–H and O–H groups in total. The molecule has 1 aromatic carbocycles. The molecule has 4 nitrogen and oxygen atoms in total. The Hall–Kier alpha value is -1.88. The number of hydrogen-bond donors (Lipinski definition) is 1. The molecule has 16 heavy (non-hydrogen) atoms. The lowest BCUT2D eigenvalue weighted by Gasteiger charge is -2.14. The van der Waals surface area contributed by atoms with Crippen LogP contribution in [0.15, 0.2) is 51.1 Å². The Bertz CT molecular complexity index is 530. The molecule has 0 saturated heterocycles. The number of thiocarbonyl (C=S) groups is 1. The Morgan fingerprint density at radius 3 is 2.81 bits per heavy atom. The van der Waals surface area contributed by atoms with Gasteiger partial charge in [-0.05, 0) is 0 Å². The maximum Gasteiger partial charge on any atom is 0.192 e. The third-order valence-electron chi connectivity index (χ3n) is 2.48. The largest absolute Gasteiger partial charge is 0.337 e. The molecule has 2 aliphatic heterocycles. The van der Waals surface area contributed by atoms with Gasteiger partial charge in [0.15, 0.2) is 6.17 Å². The van der Waals surface area contributed by atoms with E-state index in [0.29, 0.717) is 4.99 Å². The van der Waals surface area contributed by atoms with E-state index in [-0.39, 0.29) is 6.17 Å². The first-order chi connectivity index (χ1) is 7.86. The minimum atomic E-state index is -0.260. The summed E-state index contributed by atoms with van der Waals surface area (Å²) in [4.78, 5) is 4.83. The maximum atomic E-state index is 5.24. The number of nitrogens with one attached hydrogen (secondary N) is 1. The van der Waals surface area contributed by atoms with E-state index in [1.807, 2.05) is 30.3 Å². The van der Waals surface area contributed by atoms with Gasteiger partial charge in [-0.2, -0.15) is 10.2 Å². The van der Waals surface area contributed by atoms with Crippen molar-refractivity contribution in [3.05, 3.63) is 41.5 Å². The fourth-order valence-electron chi connectivity index (χ4n) is 1.73. The van der Waals surface area contributed by atoms with Gasteiger partial charge in [0.05, 0.1) is 11.9 Å². The highest BCUT2D eigenvalue weighted by atomic mass is 32.1.